The van der Waals surface area contributed by atoms with E-state index >= 15 is 0 Å². The second-order valence-electron chi connectivity index (χ2n) is 3.48. The van der Waals surface area contributed by atoms with Gasteiger partial charge in [0.05, 0.1) is 6.61 Å². The predicted octanol–water partition coefficient (Wildman–Crippen LogP) is 0.203. The van der Waals surface area contributed by atoms with Crippen molar-refractivity contribution in [3.05, 3.63) is 17.8 Å². The van der Waals surface area contributed by atoms with Gasteiger partial charge in [0.1, 0.15) is 5.76 Å². The fourth-order valence-electron chi connectivity index (χ4n) is 1.35. The first kappa shape index (κ1) is 13.7. The molecule has 0 aliphatic carbocycles. The molecule has 0 aliphatic heterocycles. The summed E-state index contributed by atoms with van der Waals surface area (Å²) in [6.45, 7) is 4.62. The highest BCUT2D eigenvalue weighted by molar-refractivity contribution is 5.93. The van der Waals surface area contributed by atoms with E-state index in [4.69, 9.17) is 9.15 Å². The summed E-state index contributed by atoms with van der Waals surface area (Å²) in [6.07, 6.45) is 1.96. The van der Waals surface area contributed by atoms with Crippen molar-refractivity contribution in [3.8, 4) is 0 Å². The summed E-state index contributed by atoms with van der Waals surface area (Å²) in [5.74, 6) is 0.430. The first-order valence-corrected chi connectivity index (χ1v) is 5.69. The Morgan fingerprint density at radius 1 is 1.47 bits per heavy atom. The maximum Gasteiger partial charge on any atom is 0.273 e. The molecule has 1 aromatic rings. The minimum absolute atomic E-state index is 0.191. The van der Waals surface area contributed by atoms with Crippen LogP contribution >= 0.6 is 0 Å². The molecule has 1 aromatic heterocycles. The molecule has 1 heterocycles. The summed E-state index contributed by atoms with van der Waals surface area (Å²) in [6, 6.07) is 0. The van der Waals surface area contributed by atoms with Crippen LogP contribution < -0.4 is 10.6 Å². The van der Waals surface area contributed by atoms with Crippen molar-refractivity contribution in [2.24, 2.45) is 0 Å². The maximum absolute atomic E-state index is 11.7. The number of rotatable bonds is 8. The van der Waals surface area contributed by atoms with Crippen LogP contribution in [-0.4, -0.2) is 44.2 Å². The van der Waals surface area contributed by atoms with Gasteiger partial charge in [0.25, 0.3) is 5.91 Å². The number of hydrogen-bond acceptors (Lipinski definition) is 5. The van der Waals surface area contributed by atoms with E-state index in [-0.39, 0.29) is 5.91 Å². The van der Waals surface area contributed by atoms with Crippen LogP contribution in [0.2, 0.25) is 0 Å². The molecule has 0 saturated heterocycles. The van der Waals surface area contributed by atoms with Gasteiger partial charge in [-0.15, -0.1) is 0 Å². The summed E-state index contributed by atoms with van der Waals surface area (Å²) in [5.41, 5.74) is 0.379. The molecule has 17 heavy (non-hydrogen) atoms. The summed E-state index contributed by atoms with van der Waals surface area (Å²) in [7, 11) is 1.65. The van der Waals surface area contributed by atoms with Crippen LogP contribution in [0.3, 0.4) is 0 Å². The zero-order valence-corrected chi connectivity index (χ0v) is 10.3. The topological polar surface area (TPSA) is 76.4 Å². The third kappa shape index (κ3) is 4.54. The lowest BCUT2D eigenvalue weighted by atomic mass is 10.2. The van der Waals surface area contributed by atoms with Crippen LogP contribution in [-0.2, 0) is 11.2 Å². The Hall–Kier alpha value is -1.40. The average molecular weight is 241 g/mol. The smallest absolute Gasteiger partial charge is 0.273 e. The Labute approximate surface area is 101 Å². The van der Waals surface area contributed by atoms with Crippen LogP contribution in [0, 0.1) is 0 Å². The van der Waals surface area contributed by atoms with E-state index in [9.17, 15) is 4.79 Å². The molecule has 0 aromatic carbocycles. The van der Waals surface area contributed by atoms with Crippen LogP contribution in [0.15, 0.2) is 10.8 Å². The van der Waals surface area contributed by atoms with Gasteiger partial charge in [0.15, 0.2) is 12.1 Å². The molecule has 1 rings (SSSR count). The van der Waals surface area contributed by atoms with Crippen LogP contribution in [0.5, 0.6) is 0 Å². The number of nitrogens with one attached hydrogen (secondary N) is 2. The lowest BCUT2D eigenvalue weighted by Crippen LogP contribution is -2.33. The summed E-state index contributed by atoms with van der Waals surface area (Å²) in [4.78, 5) is 15.6. The SMILES string of the molecule is CCc1ocnc1C(=O)NCCNCCOC. The van der Waals surface area contributed by atoms with Crippen molar-refractivity contribution in [2.75, 3.05) is 33.4 Å². The number of hydrogen-bond donors (Lipinski definition) is 2. The van der Waals surface area contributed by atoms with Gasteiger partial charge < -0.3 is 19.8 Å². The minimum Gasteiger partial charge on any atom is -0.448 e. The van der Waals surface area contributed by atoms with Crippen molar-refractivity contribution < 1.29 is 13.9 Å². The molecule has 96 valence electrons. The molecule has 0 saturated carbocycles. The van der Waals surface area contributed by atoms with Crippen molar-refractivity contribution in [1.82, 2.24) is 15.6 Å². The van der Waals surface area contributed by atoms with Gasteiger partial charge in [0.2, 0.25) is 0 Å². The molecule has 0 unspecified atom stereocenters. The van der Waals surface area contributed by atoms with Crippen molar-refractivity contribution in [2.45, 2.75) is 13.3 Å². The van der Waals surface area contributed by atoms with Crippen LogP contribution in [0.4, 0.5) is 0 Å². The highest BCUT2D eigenvalue weighted by atomic mass is 16.5. The maximum atomic E-state index is 11.7. The van der Waals surface area contributed by atoms with E-state index < -0.39 is 0 Å². The summed E-state index contributed by atoms with van der Waals surface area (Å²) < 4.78 is 9.98. The number of aromatic nitrogens is 1. The van der Waals surface area contributed by atoms with Gasteiger partial charge in [-0.3, -0.25) is 4.79 Å². The van der Waals surface area contributed by atoms with Gasteiger partial charge >= 0.3 is 0 Å². The van der Waals surface area contributed by atoms with Crippen LogP contribution in [0.1, 0.15) is 23.2 Å². The van der Waals surface area contributed by atoms with E-state index in [2.05, 4.69) is 15.6 Å². The highest BCUT2D eigenvalue weighted by Crippen LogP contribution is 2.06. The van der Waals surface area contributed by atoms with Crippen molar-refractivity contribution in [3.63, 3.8) is 0 Å². The Balaban J connectivity index is 2.21. The molecular formula is C11H19N3O3. The number of carbonyl (C=O) groups excluding carboxylic acids is 1. The van der Waals surface area contributed by atoms with E-state index in [0.29, 0.717) is 37.6 Å². The fraction of sp³-hybridized carbons (Fsp3) is 0.636. The molecular weight excluding hydrogens is 222 g/mol. The second kappa shape index (κ2) is 7.81. The van der Waals surface area contributed by atoms with Crippen LogP contribution in [0.25, 0.3) is 0 Å². The van der Waals surface area contributed by atoms with E-state index in [1.165, 1.54) is 6.39 Å². The predicted molar refractivity (Wildman–Crippen MR) is 63.0 cm³/mol. The second-order valence-corrected chi connectivity index (χ2v) is 3.48. The first-order chi connectivity index (χ1) is 8.29. The Kier molecular flexibility index (Phi) is 6.27. The van der Waals surface area contributed by atoms with E-state index in [0.717, 1.165) is 6.54 Å². The third-order valence-corrected chi connectivity index (χ3v) is 2.25. The molecule has 0 bridgehead atoms. The Morgan fingerprint density at radius 2 is 2.29 bits per heavy atom. The molecule has 2 N–H and O–H groups in total. The normalized spacial score (nSPS) is 10.5. The van der Waals surface area contributed by atoms with Gasteiger partial charge in [-0.05, 0) is 0 Å². The zero-order chi connectivity index (χ0) is 12.5. The Morgan fingerprint density at radius 3 is 3.00 bits per heavy atom. The number of ether oxygens (including phenoxy) is 1. The standard InChI is InChI=1S/C11H19N3O3/c1-3-9-10(14-8-17-9)11(15)13-5-4-12-6-7-16-2/h8,12H,3-7H2,1-2H3,(H,13,15). The molecule has 0 atom stereocenters. The number of methoxy groups -OCH3 is 1. The summed E-state index contributed by atoms with van der Waals surface area (Å²) >= 11 is 0. The van der Waals surface area contributed by atoms with E-state index in [1.807, 2.05) is 6.92 Å². The number of amides is 1. The zero-order valence-electron chi connectivity index (χ0n) is 10.3. The molecule has 0 aliphatic rings. The summed E-state index contributed by atoms with van der Waals surface area (Å²) in [5, 5.41) is 5.90. The highest BCUT2D eigenvalue weighted by Gasteiger charge is 2.14. The van der Waals surface area contributed by atoms with Gasteiger partial charge in [-0.1, -0.05) is 6.92 Å². The largest absolute Gasteiger partial charge is 0.448 e. The number of aryl methyl sites for hydroxylation is 1. The number of carbonyl (C=O) groups is 1. The van der Waals surface area contributed by atoms with E-state index in [1.54, 1.807) is 7.11 Å². The fourth-order valence-corrected chi connectivity index (χ4v) is 1.35. The lowest BCUT2D eigenvalue weighted by Gasteiger charge is -2.05. The first-order valence-electron chi connectivity index (χ1n) is 5.69. The van der Waals surface area contributed by atoms with Crippen molar-refractivity contribution >= 4 is 5.91 Å². The lowest BCUT2D eigenvalue weighted by molar-refractivity contribution is 0.0947. The minimum atomic E-state index is -0.191. The molecule has 0 radical (unpaired) electrons. The Bertz CT molecular complexity index is 338. The molecule has 0 fully saturated rings. The van der Waals surface area contributed by atoms with Gasteiger partial charge in [-0.2, -0.15) is 0 Å². The number of oxazole rings is 1. The average Bonchev–Trinajstić information content (AvgIpc) is 2.81. The van der Waals surface area contributed by atoms with Gasteiger partial charge in [-0.25, -0.2) is 4.98 Å². The number of nitrogens with zero attached hydrogens (tertiary/aromatic N) is 1. The van der Waals surface area contributed by atoms with Gasteiger partial charge in [0, 0.05) is 33.2 Å². The third-order valence-electron chi connectivity index (χ3n) is 2.25. The van der Waals surface area contributed by atoms with Crippen molar-refractivity contribution in [1.29, 1.82) is 0 Å². The quantitative estimate of drug-likeness (QED) is 0.636. The monoisotopic (exact) mass is 241 g/mol. The molecule has 1 amide bonds. The molecule has 6 nitrogen and oxygen atoms in total. The molecule has 0 spiro atoms. The molecule has 6 heteroatoms.